The third kappa shape index (κ3) is 2.75. The van der Waals surface area contributed by atoms with E-state index in [1.807, 2.05) is 0 Å². The molecule has 9 atom stereocenters. The van der Waals surface area contributed by atoms with Gasteiger partial charge < -0.3 is 0 Å². The number of Topliss-reactive ketones (excluding diaryl/α,β-unsaturated/α-hetero) is 1. The van der Waals surface area contributed by atoms with Crippen LogP contribution in [0.3, 0.4) is 0 Å². The first-order valence-corrected chi connectivity index (χ1v) is 14.0. The van der Waals surface area contributed by atoms with Gasteiger partial charge in [-0.1, -0.05) is 46.8 Å². The topological polar surface area (TPSA) is 72.2 Å². The highest BCUT2D eigenvalue weighted by molar-refractivity contribution is 5.85. The van der Waals surface area contributed by atoms with Gasteiger partial charge in [-0.15, -0.1) is 0 Å². The molecule has 0 heterocycles. The number of hydrogen-bond acceptors (Lipinski definition) is 3. The van der Waals surface area contributed by atoms with Crippen LogP contribution in [0, 0.1) is 56.7 Å². The van der Waals surface area contributed by atoms with Crippen LogP contribution in [-0.4, -0.2) is 11.7 Å². The average molecular weight is 469 g/mol. The van der Waals surface area contributed by atoms with Gasteiger partial charge in [0.05, 0.1) is 5.41 Å². The van der Waals surface area contributed by atoms with E-state index in [-0.39, 0.29) is 33.0 Å². The van der Waals surface area contributed by atoms with Crippen molar-refractivity contribution in [1.29, 1.82) is 0 Å². The van der Waals surface area contributed by atoms with Crippen molar-refractivity contribution < 1.29 is 9.59 Å². The van der Waals surface area contributed by atoms with Crippen molar-refractivity contribution in [3.05, 3.63) is 12.2 Å². The SMILES string of the molecule is C=C(C)C1CC[C@]2(C(=O)NN)CC[C@@]3(C)C(CCC4[C@@]5(C)CCC(=O)C(C)(C)C5CC[C@]43C)C12. The molecule has 3 N–H and O–H groups in total. The predicted octanol–water partition coefficient (Wildman–Crippen LogP) is 6.20. The van der Waals surface area contributed by atoms with Gasteiger partial charge in [0.2, 0.25) is 5.91 Å². The number of hydrogen-bond donors (Lipinski definition) is 2. The molecule has 4 nitrogen and oxygen atoms in total. The number of carbonyl (C=O) groups excluding carboxylic acids is 2. The zero-order chi connectivity index (χ0) is 24.9. The largest absolute Gasteiger partial charge is 0.299 e. The molecule has 0 aromatic rings. The Kier molecular flexibility index (Phi) is 5.36. The lowest BCUT2D eigenvalue weighted by atomic mass is 9.32. The quantitative estimate of drug-likeness (QED) is 0.219. The van der Waals surface area contributed by atoms with E-state index in [1.165, 1.54) is 24.8 Å². The van der Waals surface area contributed by atoms with Gasteiger partial charge >= 0.3 is 0 Å². The van der Waals surface area contributed by atoms with E-state index in [0.29, 0.717) is 35.4 Å². The average Bonchev–Trinajstić information content (AvgIpc) is 3.18. The van der Waals surface area contributed by atoms with E-state index < -0.39 is 0 Å². The fourth-order valence-corrected chi connectivity index (χ4v) is 11.5. The monoisotopic (exact) mass is 468 g/mol. The summed E-state index contributed by atoms with van der Waals surface area (Å²) >= 11 is 0. The van der Waals surface area contributed by atoms with Crippen molar-refractivity contribution in [2.75, 3.05) is 0 Å². The Morgan fingerprint density at radius 3 is 2.26 bits per heavy atom. The van der Waals surface area contributed by atoms with Gasteiger partial charge in [0.25, 0.3) is 0 Å². The fourth-order valence-electron chi connectivity index (χ4n) is 11.5. The molecule has 1 amide bonds. The minimum atomic E-state index is -0.327. The molecule has 5 aliphatic rings. The molecule has 5 saturated carbocycles. The molecule has 0 saturated heterocycles. The number of nitrogens with two attached hydrogens (primary N) is 1. The fraction of sp³-hybridized carbons (Fsp3) is 0.867. The number of allylic oxidation sites excluding steroid dienone is 1. The summed E-state index contributed by atoms with van der Waals surface area (Å²) in [6.45, 7) is 18.8. The van der Waals surface area contributed by atoms with Crippen LogP contribution in [0.1, 0.15) is 106 Å². The van der Waals surface area contributed by atoms with Crippen LogP contribution in [0.2, 0.25) is 0 Å². The van der Waals surface area contributed by atoms with Gasteiger partial charge in [-0.25, -0.2) is 5.84 Å². The van der Waals surface area contributed by atoms with Crippen LogP contribution < -0.4 is 11.3 Å². The molecule has 0 aromatic carbocycles. The summed E-state index contributed by atoms with van der Waals surface area (Å²) in [7, 11) is 0. The Labute approximate surface area is 207 Å². The van der Waals surface area contributed by atoms with E-state index in [9.17, 15) is 9.59 Å². The molecular formula is C30H48N2O2. The molecule has 34 heavy (non-hydrogen) atoms. The smallest absolute Gasteiger partial charge is 0.240 e. The normalized spacial score (nSPS) is 51.5. The number of fused-ring (bicyclic) bond motifs is 7. The first kappa shape index (κ1) is 24.5. The van der Waals surface area contributed by atoms with Crippen molar-refractivity contribution in [2.45, 2.75) is 106 Å². The Morgan fingerprint density at radius 1 is 0.912 bits per heavy atom. The van der Waals surface area contributed by atoms with E-state index >= 15 is 0 Å². The van der Waals surface area contributed by atoms with Crippen molar-refractivity contribution in [1.82, 2.24) is 5.43 Å². The second-order valence-corrected chi connectivity index (χ2v) is 14.5. The summed E-state index contributed by atoms with van der Waals surface area (Å²) in [6.07, 6.45) is 10.7. The summed E-state index contributed by atoms with van der Waals surface area (Å²) < 4.78 is 0. The summed E-state index contributed by atoms with van der Waals surface area (Å²) in [4.78, 5) is 26.3. The van der Waals surface area contributed by atoms with Crippen molar-refractivity contribution in [2.24, 2.45) is 62.5 Å². The third-order valence-corrected chi connectivity index (χ3v) is 13.4. The van der Waals surface area contributed by atoms with Gasteiger partial charge in [-0.3, -0.25) is 15.0 Å². The van der Waals surface area contributed by atoms with E-state index in [4.69, 9.17) is 5.84 Å². The number of carbonyl (C=O) groups is 2. The van der Waals surface area contributed by atoms with Gasteiger partial charge in [0.1, 0.15) is 5.78 Å². The van der Waals surface area contributed by atoms with Gasteiger partial charge in [-0.05, 0) is 111 Å². The van der Waals surface area contributed by atoms with Crippen LogP contribution in [0.15, 0.2) is 12.2 Å². The highest BCUT2D eigenvalue weighted by Crippen LogP contribution is 2.77. The number of amides is 1. The number of rotatable bonds is 2. The standard InChI is InChI=1S/C30H48N2O2/c1-18(2)19-10-15-30(25(34)32-31)17-16-28(6)20(24(19)30)8-9-22-27(5)13-12-23(33)26(3,4)21(27)11-14-29(22,28)7/h19-22,24H,1,8-17,31H2,2-7H3,(H,32,34)/t19?,20?,21?,22?,24?,27-,28-,29+,30-/m0/s1. The van der Waals surface area contributed by atoms with Gasteiger partial charge in [0.15, 0.2) is 0 Å². The molecule has 4 heteroatoms. The van der Waals surface area contributed by atoms with Crippen LogP contribution in [0.25, 0.3) is 0 Å². The van der Waals surface area contributed by atoms with Crippen LogP contribution in [0.5, 0.6) is 0 Å². The Balaban J connectivity index is 1.57. The first-order valence-electron chi connectivity index (χ1n) is 14.0. The second kappa shape index (κ2) is 7.43. The van der Waals surface area contributed by atoms with E-state index in [2.05, 4.69) is 53.5 Å². The van der Waals surface area contributed by atoms with Crippen LogP contribution in [-0.2, 0) is 9.59 Å². The molecule has 0 radical (unpaired) electrons. The highest BCUT2D eigenvalue weighted by Gasteiger charge is 2.71. The lowest BCUT2D eigenvalue weighted by molar-refractivity contribution is -0.233. The number of hydrazine groups is 1. The summed E-state index contributed by atoms with van der Waals surface area (Å²) in [5.41, 5.74) is 3.97. The summed E-state index contributed by atoms with van der Waals surface area (Å²) in [5, 5.41) is 0. The molecule has 0 aromatic heterocycles. The predicted molar refractivity (Wildman–Crippen MR) is 136 cm³/mol. The molecule has 5 unspecified atom stereocenters. The molecule has 190 valence electrons. The Bertz CT molecular complexity index is 925. The van der Waals surface area contributed by atoms with Crippen molar-refractivity contribution >= 4 is 11.7 Å². The molecule has 0 bridgehead atoms. The number of ketones is 1. The van der Waals surface area contributed by atoms with E-state index in [0.717, 1.165) is 44.9 Å². The van der Waals surface area contributed by atoms with Gasteiger partial charge in [0, 0.05) is 11.8 Å². The molecule has 0 aliphatic heterocycles. The second-order valence-electron chi connectivity index (χ2n) is 14.5. The molecule has 5 fully saturated rings. The maximum absolute atomic E-state index is 13.3. The minimum absolute atomic E-state index is 0.0683. The van der Waals surface area contributed by atoms with Crippen molar-refractivity contribution in [3.63, 3.8) is 0 Å². The zero-order valence-electron chi connectivity index (χ0n) is 22.6. The molecule has 0 spiro atoms. The minimum Gasteiger partial charge on any atom is -0.299 e. The van der Waals surface area contributed by atoms with E-state index in [1.54, 1.807) is 0 Å². The maximum Gasteiger partial charge on any atom is 0.240 e. The Morgan fingerprint density at radius 2 is 1.62 bits per heavy atom. The summed E-state index contributed by atoms with van der Waals surface area (Å²) in [6, 6.07) is 0. The Hall–Kier alpha value is -1.16. The highest BCUT2D eigenvalue weighted by atomic mass is 16.2. The molecular weight excluding hydrogens is 420 g/mol. The first-order chi connectivity index (χ1) is 15.8. The zero-order valence-corrected chi connectivity index (χ0v) is 22.6. The van der Waals surface area contributed by atoms with Gasteiger partial charge in [-0.2, -0.15) is 0 Å². The molecule has 5 rings (SSSR count). The van der Waals surface area contributed by atoms with Crippen LogP contribution in [0.4, 0.5) is 0 Å². The lowest BCUT2D eigenvalue weighted by Gasteiger charge is -2.72. The molecule has 5 aliphatic carbocycles. The summed E-state index contributed by atoms with van der Waals surface area (Å²) in [5.74, 6) is 8.76. The maximum atomic E-state index is 13.3. The van der Waals surface area contributed by atoms with Crippen molar-refractivity contribution in [3.8, 4) is 0 Å². The third-order valence-electron chi connectivity index (χ3n) is 13.4. The number of nitrogens with one attached hydrogen (secondary N) is 1. The van der Waals surface area contributed by atoms with Crippen LogP contribution >= 0.6 is 0 Å². The lowest BCUT2D eigenvalue weighted by Crippen LogP contribution is -2.67.